The molecular weight excluding hydrogens is 378 g/mol. The molecule has 7 heteroatoms. The van der Waals surface area contributed by atoms with Gasteiger partial charge in [-0.05, 0) is 30.5 Å². The molecule has 7 nitrogen and oxygen atoms in total. The van der Waals surface area contributed by atoms with Gasteiger partial charge in [-0.15, -0.1) is 5.10 Å². The first kappa shape index (κ1) is 19.6. The van der Waals surface area contributed by atoms with Crippen molar-refractivity contribution in [2.45, 2.75) is 33.2 Å². The lowest BCUT2D eigenvalue weighted by atomic mass is 10.0. The van der Waals surface area contributed by atoms with Gasteiger partial charge in [0.05, 0.1) is 0 Å². The Morgan fingerprint density at radius 3 is 2.43 bits per heavy atom. The highest BCUT2D eigenvalue weighted by molar-refractivity contribution is 5.90. The number of amides is 1. The number of anilines is 1. The third-order valence-corrected chi connectivity index (χ3v) is 4.88. The molecule has 0 fully saturated rings. The van der Waals surface area contributed by atoms with Gasteiger partial charge in [-0.2, -0.15) is 0 Å². The topological polar surface area (TPSA) is 81.3 Å². The summed E-state index contributed by atoms with van der Waals surface area (Å²) in [4.78, 5) is 30.0. The zero-order valence-corrected chi connectivity index (χ0v) is 17.2. The molecule has 4 rings (SSSR count). The molecule has 0 aliphatic heterocycles. The minimum Gasteiger partial charge on any atom is -0.324 e. The highest BCUT2D eigenvalue weighted by Crippen LogP contribution is 2.18. The number of nitrogens with one attached hydrogen (secondary N) is 1. The first-order valence-corrected chi connectivity index (χ1v) is 9.85. The minimum absolute atomic E-state index is 0.181. The Labute approximate surface area is 174 Å². The van der Waals surface area contributed by atoms with E-state index >= 15 is 0 Å². The second-order valence-electron chi connectivity index (χ2n) is 7.55. The summed E-state index contributed by atoms with van der Waals surface area (Å²) in [5.74, 6) is 0.609. The van der Waals surface area contributed by atoms with Gasteiger partial charge in [-0.25, -0.2) is 18.9 Å². The Morgan fingerprint density at radius 1 is 1.07 bits per heavy atom. The van der Waals surface area contributed by atoms with Crippen molar-refractivity contribution in [2.24, 2.45) is 0 Å². The van der Waals surface area contributed by atoms with Gasteiger partial charge in [-0.1, -0.05) is 56.3 Å². The molecule has 2 heterocycles. The minimum atomic E-state index is -0.401. The summed E-state index contributed by atoms with van der Waals surface area (Å²) in [6.07, 6.45) is 0. The van der Waals surface area contributed by atoms with E-state index in [1.54, 1.807) is 6.07 Å². The normalized spacial score (nSPS) is 11.2. The summed E-state index contributed by atoms with van der Waals surface area (Å²) in [6, 6.07) is 18.9. The molecule has 0 spiro atoms. The lowest BCUT2D eigenvalue weighted by Crippen LogP contribution is -2.28. The monoisotopic (exact) mass is 401 g/mol. The van der Waals surface area contributed by atoms with Gasteiger partial charge >= 0.3 is 5.69 Å². The summed E-state index contributed by atoms with van der Waals surface area (Å²) < 4.78 is 2.60. The van der Waals surface area contributed by atoms with Crippen LogP contribution in [0.1, 0.15) is 31.0 Å². The van der Waals surface area contributed by atoms with Crippen molar-refractivity contribution in [3.8, 4) is 11.4 Å². The number of hydrogen-bond donors (Lipinski definition) is 1. The number of aromatic nitrogens is 4. The van der Waals surface area contributed by atoms with Crippen LogP contribution >= 0.6 is 0 Å². The second-order valence-corrected chi connectivity index (χ2v) is 7.55. The van der Waals surface area contributed by atoms with E-state index in [1.807, 2.05) is 61.5 Å². The Bertz CT molecular complexity index is 1250. The molecule has 4 aromatic rings. The quantitative estimate of drug-likeness (QED) is 0.554. The maximum absolute atomic E-state index is 13.0. The fraction of sp³-hybridized carbons (Fsp3) is 0.217. The molecule has 0 radical (unpaired) electrons. The third kappa shape index (κ3) is 3.87. The van der Waals surface area contributed by atoms with Crippen molar-refractivity contribution in [1.29, 1.82) is 0 Å². The van der Waals surface area contributed by atoms with Crippen molar-refractivity contribution < 1.29 is 4.79 Å². The van der Waals surface area contributed by atoms with E-state index in [2.05, 4.69) is 29.2 Å². The van der Waals surface area contributed by atoms with Crippen LogP contribution in [0.25, 0.3) is 17.0 Å². The van der Waals surface area contributed by atoms with Crippen LogP contribution < -0.4 is 11.0 Å². The summed E-state index contributed by atoms with van der Waals surface area (Å²) >= 11 is 0. The van der Waals surface area contributed by atoms with Gasteiger partial charge in [0.15, 0.2) is 5.65 Å². The zero-order valence-electron chi connectivity index (χ0n) is 17.2. The van der Waals surface area contributed by atoms with Crippen LogP contribution in [0.3, 0.4) is 0 Å². The average molecular weight is 401 g/mol. The van der Waals surface area contributed by atoms with Crippen LogP contribution in [0.15, 0.2) is 65.5 Å². The third-order valence-electron chi connectivity index (χ3n) is 4.88. The van der Waals surface area contributed by atoms with Crippen LogP contribution in [0, 0.1) is 6.92 Å². The fourth-order valence-corrected chi connectivity index (χ4v) is 3.33. The SMILES string of the molecule is Cc1cc2nn(CC(=O)Nc3ccc(C(C)C)cc3)c(=O)n2c(-c2ccccc2)n1. The maximum Gasteiger partial charge on any atom is 0.352 e. The van der Waals surface area contributed by atoms with Crippen molar-refractivity contribution in [3.05, 3.63) is 82.4 Å². The zero-order chi connectivity index (χ0) is 21.3. The van der Waals surface area contributed by atoms with E-state index in [1.165, 1.54) is 14.6 Å². The largest absolute Gasteiger partial charge is 0.352 e. The number of aryl methyl sites for hydroxylation is 1. The van der Waals surface area contributed by atoms with Crippen molar-refractivity contribution in [2.75, 3.05) is 5.32 Å². The molecule has 0 aliphatic rings. The molecule has 152 valence electrons. The van der Waals surface area contributed by atoms with Gasteiger partial charge in [0.1, 0.15) is 12.4 Å². The predicted molar refractivity (Wildman–Crippen MR) is 117 cm³/mol. The van der Waals surface area contributed by atoms with E-state index in [9.17, 15) is 9.59 Å². The number of hydrogen-bond acceptors (Lipinski definition) is 4. The molecule has 0 saturated carbocycles. The Morgan fingerprint density at radius 2 is 1.77 bits per heavy atom. The van der Waals surface area contributed by atoms with Crippen LogP contribution in [-0.4, -0.2) is 25.1 Å². The average Bonchev–Trinajstić information content (AvgIpc) is 3.03. The highest BCUT2D eigenvalue weighted by Gasteiger charge is 2.16. The van der Waals surface area contributed by atoms with E-state index in [-0.39, 0.29) is 12.5 Å². The number of carbonyl (C=O) groups excluding carboxylic acids is 1. The molecule has 0 saturated heterocycles. The molecule has 0 aliphatic carbocycles. The van der Waals surface area contributed by atoms with Gasteiger partial charge < -0.3 is 5.32 Å². The van der Waals surface area contributed by atoms with Crippen LogP contribution in [-0.2, 0) is 11.3 Å². The summed E-state index contributed by atoms with van der Waals surface area (Å²) in [6.45, 7) is 5.90. The van der Waals surface area contributed by atoms with Crippen molar-refractivity contribution in [3.63, 3.8) is 0 Å². The number of rotatable bonds is 5. The molecule has 0 unspecified atom stereocenters. The number of benzene rings is 2. The number of nitrogens with zero attached hydrogens (tertiary/aromatic N) is 4. The Balaban J connectivity index is 1.63. The molecule has 1 N–H and O–H groups in total. The Kier molecular flexibility index (Phi) is 5.18. The second kappa shape index (κ2) is 7.94. The lowest BCUT2D eigenvalue weighted by Gasteiger charge is -2.08. The summed E-state index contributed by atoms with van der Waals surface area (Å²) in [7, 11) is 0. The number of carbonyl (C=O) groups is 1. The molecule has 0 bridgehead atoms. The first-order valence-electron chi connectivity index (χ1n) is 9.85. The van der Waals surface area contributed by atoms with E-state index in [0.717, 1.165) is 11.3 Å². The number of fused-ring (bicyclic) bond motifs is 1. The first-order chi connectivity index (χ1) is 14.4. The lowest BCUT2D eigenvalue weighted by molar-refractivity contribution is -0.117. The van der Waals surface area contributed by atoms with Crippen LogP contribution in [0.4, 0.5) is 5.69 Å². The van der Waals surface area contributed by atoms with Crippen molar-refractivity contribution >= 4 is 17.2 Å². The maximum atomic E-state index is 13.0. The molecule has 2 aromatic carbocycles. The Hall–Kier alpha value is -3.74. The van der Waals surface area contributed by atoms with E-state index < -0.39 is 5.69 Å². The van der Waals surface area contributed by atoms with Gasteiger partial charge in [0, 0.05) is 23.0 Å². The molecule has 1 amide bonds. The molecular formula is C23H23N5O2. The predicted octanol–water partition coefficient (Wildman–Crippen LogP) is 3.63. The van der Waals surface area contributed by atoms with Crippen molar-refractivity contribution in [1.82, 2.24) is 19.2 Å². The van der Waals surface area contributed by atoms with E-state index in [4.69, 9.17) is 0 Å². The summed E-state index contributed by atoms with van der Waals surface area (Å²) in [5.41, 5.74) is 3.49. The molecule has 0 atom stereocenters. The van der Waals surface area contributed by atoms with Crippen LogP contribution in [0.2, 0.25) is 0 Å². The molecule has 30 heavy (non-hydrogen) atoms. The highest BCUT2D eigenvalue weighted by atomic mass is 16.2. The van der Waals surface area contributed by atoms with Gasteiger partial charge in [-0.3, -0.25) is 4.79 Å². The standard InChI is InChI=1S/C23H23N5O2/c1-15(2)17-9-11-19(12-10-17)25-21(29)14-27-23(30)28-20(26-27)13-16(3)24-22(28)18-7-5-4-6-8-18/h4-13,15H,14H2,1-3H3,(H,25,29). The van der Waals surface area contributed by atoms with Crippen LogP contribution in [0.5, 0.6) is 0 Å². The van der Waals surface area contributed by atoms with Gasteiger partial charge in [0.25, 0.3) is 0 Å². The smallest absolute Gasteiger partial charge is 0.324 e. The summed E-state index contributed by atoms with van der Waals surface area (Å²) in [5, 5.41) is 7.17. The fourth-order valence-electron chi connectivity index (χ4n) is 3.33. The van der Waals surface area contributed by atoms with Gasteiger partial charge in [0.2, 0.25) is 5.91 Å². The van der Waals surface area contributed by atoms with E-state index in [0.29, 0.717) is 23.1 Å². The molecule has 2 aromatic heterocycles.